The van der Waals surface area contributed by atoms with Gasteiger partial charge in [-0.25, -0.2) is 0 Å². The number of anilines is 3. The summed E-state index contributed by atoms with van der Waals surface area (Å²) in [5.41, 5.74) is 25.2. The number of aryl methyl sites for hydroxylation is 1. The van der Waals surface area contributed by atoms with E-state index in [0.29, 0.717) is 0 Å². The van der Waals surface area contributed by atoms with Crippen LogP contribution in [0.25, 0.3) is 87.6 Å². The van der Waals surface area contributed by atoms with Gasteiger partial charge in [-0.1, -0.05) is 224 Å². The van der Waals surface area contributed by atoms with Gasteiger partial charge < -0.3 is 4.90 Å². The lowest BCUT2D eigenvalue weighted by molar-refractivity contribution is 0.802. The Hall–Kier alpha value is -9.30. The van der Waals surface area contributed by atoms with Crippen molar-refractivity contribution in [3.05, 3.63) is 305 Å². The van der Waals surface area contributed by atoms with Crippen molar-refractivity contribution in [3.63, 3.8) is 0 Å². The second-order valence-electron chi connectivity index (χ2n) is 21.1. The Kier molecular flexibility index (Phi) is 7.87. The number of fused-ring (bicyclic) bond motifs is 28. The molecule has 0 N–H and O–H groups in total. The molecule has 4 aliphatic carbocycles. The van der Waals surface area contributed by atoms with E-state index in [2.05, 4.69) is 267 Å². The molecule has 0 fully saturated rings. The number of hydrogen-bond donors (Lipinski definition) is 0. The van der Waals surface area contributed by atoms with Crippen molar-refractivity contribution in [1.29, 1.82) is 0 Å². The first-order valence-electron chi connectivity index (χ1n) is 26.1. The summed E-state index contributed by atoms with van der Waals surface area (Å²) >= 11 is 0. The van der Waals surface area contributed by atoms with Crippen LogP contribution in [0.4, 0.5) is 17.1 Å². The van der Waals surface area contributed by atoms with Gasteiger partial charge >= 0.3 is 0 Å². The topological polar surface area (TPSA) is 3.24 Å². The zero-order chi connectivity index (χ0) is 48.4. The molecule has 0 unspecified atom stereocenters. The summed E-state index contributed by atoms with van der Waals surface area (Å²) < 4.78 is 0. The number of nitrogens with zero attached hydrogens (tertiary/aromatic N) is 1. The molecule has 0 saturated carbocycles. The van der Waals surface area contributed by atoms with Gasteiger partial charge in [0.15, 0.2) is 0 Å². The SMILES string of the molecule is Cc1ccc(N(c2ccc3c4c(ccc3c2)-c2c(ccc3ccccc23)C42c3ccccc3-c3ccccc32)c2ccc3c4c(ccc3c2)-c2c(ccc3ccccc23)C42c3ccccc3-c3ccccc32)cc1. The average Bonchev–Trinajstić information content (AvgIpc) is 4.15. The molecule has 0 aliphatic heterocycles. The molecule has 0 atom stereocenters. The number of rotatable bonds is 3. The van der Waals surface area contributed by atoms with E-state index in [-0.39, 0.29) is 0 Å². The van der Waals surface area contributed by atoms with Crippen LogP contribution in [0, 0.1) is 6.92 Å². The first-order valence-corrected chi connectivity index (χ1v) is 26.1. The van der Waals surface area contributed by atoms with Gasteiger partial charge in [0, 0.05) is 17.1 Å². The smallest absolute Gasteiger partial charge is 0.0731 e. The summed E-state index contributed by atoms with van der Waals surface area (Å²) in [5, 5.41) is 10.2. The van der Waals surface area contributed by atoms with Gasteiger partial charge in [0.1, 0.15) is 0 Å². The Labute approximate surface area is 429 Å². The molecule has 0 radical (unpaired) electrons. The summed E-state index contributed by atoms with van der Waals surface area (Å²) in [6, 6.07) is 97.1. The fourth-order valence-electron chi connectivity index (χ4n) is 14.9. The van der Waals surface area contributed by atoms with E-state index in [1.54, 1.807) is 0 Å². The van der Waals surface area contributed by atoms with Crippen LogP contribution in [0.5, 0.6) is 0 Å². The minimum Gasteiger partial charge on any atom is -0.310 e. The fourth-order valence-corrected chi connectivity index (χ4v) is 14.9. The van der Waals surface area contributed by atoms with Crippen molar-refractivity contribution >= 4 is 60.2 Å². The summed E-state index contributed by atoms with van der Waals surface area (Å²) in [5.74, 6) is 0. The second kappa shape index (κ2) is 14.4. The van der Waals surface area contributed by atoms with E-state index < -0.39 is 10.8 Å². The maximum absolute atomic E-state index is 2.47. The zero-order valence-electron chi connectivity index (χ0n) is 40.7. The predicted octanol–water partition coefficient (Wildman–Crippen LogP) is 18.8. The molecule has 0 amide bonds. The maximum atomic E-state index is 2.47. The van der Waals surface area contributed by atoms with Gasteiger partial charge in [0.2, 0.25) is 0 Å². The maximum Gasteiger partial charge on any atom is 0.0731 e. The quantitative estimate of drug-likeness (QED) is 0.171. The first-order chi connectivity index (χ1) is 36.6. The van der Waals surface area contributed by atoms with Gasteiger partial charge in [-0.2, -0.15) is 0 Å². The Bertz CT molecular complexity index is 4260. The standard InChI is InChI=1S/C73H45N/c1-44-26-32-49(33-27-44)74(50-34-38-54-47(42-50)28-36-60-68-52-16-4-2-14-45(52)30-40-66(68)72(70(54)60)62-22-10-6-18-56(62)57-19-7-11-23-63(57)72)51-35-39-55-48(43-51)29-37-61-69-53-17-5-3-15-46(53)31-41-67(69)73(71(55)61)64-24-12-8-20-58(64)59-21-9-13-25-65(59)73/h2-43H,1H3. The molecule has 13 aromatic rings. The molecule has 0 bridgehead atoms. The second-order valence-corrected chi connectivity index (χ2v) is 21.1. The zero-order valence-corrected chi connectivity index (χ0v) is 40.7. The van der Waals surface area contributed by atoms with Gasteiger partial charge in [-0.3, -0.25) is 0 Å². The molecular formula is C73H45N. The van der Waals surface area contributed by atoms with Crippen molar-refractivity contribution < 1.29 is 0 Å². The van der Waals surface area contributed by atoms with Crippen LogP contribution in [0.15, 0.2) is 255 Å². The normalized spacial score (nSPS) is 14.2. The van der Waals surface area contributed by atoms with Crippen molar-refractivity contribution in [2.75, 3.05) is 4.90 Å². The predicted molar refractivity (Wildman–Crippen MR) is 308 cm³/mol. The molecule has 0 aromatic heterocycles. The van der Waals surface area contributed by atoms with E-state index >= 15 is 0 Å². The minimum atomic E-state index is -0.470. The lowest BCUT2D eigenvalue weighted by atomic mass is 9.69. The third-order valence-corrected chi connectivity index (χ3v) is 17.7. The van der Waals surface area contributed by atoms with E-state index in [4.69, 9.17) is 0 Å². The first kappa shape index (κ1) is 40.3. The van der Waals surface area contributed by atoms with Crippen molar-refractivity contribution in [1.82, 2.24) is 0 Å². The summed E-state index contributed by atoms with van der Waals surface area (Å²) in [7, 11) is 0. The molecule has 0 heterocycles. The largest absolute Gasteiger partial charge is 0.310 e. The average molecular weight is 936 g/mol. The Morgan fingerprint density at radius 3 is 1.05 bits per heavy atom. The fraction of sp³-hybridized carbons (Fsp3) is 0.0411. The van der Waals surface area contributed by atoms with Gasteiger partial charge in [-0.15, -0.1) is 0 Å². The molecule has 17 rings (SSSR count). The molecule has 1 nitrogen and oxygen atoms in total. The minimum absolute atomic E-state index is 0.470. The molecular weight excluding hydrogens is 891 g/mol. The van der Waals surface area contributed by atoms with Gasteiger partial charge in [0.05, 0.1) is 10.8 Å². The summed E-state index contributed by atoms with van der Waals surface area (Å²) in [4.78, 5) is 2.47. The third kappa shape index (κ3) is 4.90. The Morgan fingerprint density at radius 2 is 0.622 bits per heavy atom. The Morgan fingerprint density at radius 1 is 0.257 bits per heavy atom. The highest BCUT2D eigenvalue weighted by molar-refractivity contribution is 6.13. The molecule has 13 aromatic carbocycles. The molecule has 4 aliphatic rings. The van der Waals surface area contributed by atoms with Crippen molar-refractivity contribution in [2.45, 2.75) is 17.8 Å². The highest BCUT2D eigenvalue weighted by Crippen LogP contribution is 2.67. The van der Waals surface area contributed by atoms with Crippen LogP contribution in [0.1, 0.15) is 50.1 Å². The molecule has 342 valence electrons. The van der Waals surface area contributed by atoms with Crippen LogP contribution in [0.2, 0.25) is 0 Å². The third-order valence-electron chi connectivity index (χ3n) is 17.7. The summed E-state index contributed by atoms with van der Waals surface area (Å²) in [6.07, 6.45) is 0. The number of hydrogen-bond acceptors (Lipinski definition) is 1. The van der Waals surface area contributed by atoms with E-state index in [1.165, 1.54) is 138 Å². The van der Waals surface area contributed by atoms with Gasteiger partial charge in [-0.05, 0) is 175 Å². The monoisotopic (exact) mass is 935 g/mol. The molecule has 0 saturated heterocycles. The van der Waals surface area contributed by atoms with Crippen molar-refractivity contribution in [3.8, 4) is 44.5 Å². The molecule has 1 heteroatoms. The highest BCUT2D eigenvalue weighted by Gasteiger charge is 2.54. The lowest BCUT2D eigenvalue weighted by Crippen LogP contribution is -2.26. The van der Waals surface area contributed by atoms with Crippen LogP contribution in [0.3, 0.4) is 0 Å². The van der Waals surface area contributed by atoms with Crippen LogP contribution in [-0.4, -0.2) is 0 Å². The van der Waals surface area contributed by atoms with E-state index in [9.17, 15) is 0 Å². The Balaban J connectivity index is 0.898. The lowest BCUT2D eigenvalue weighted by Gasteiger charge is -2.32. The van der Waals surface area contributed by atoms with E-state index in [0.717, 1.165) is 17.1 Å². The van der Waals surface area contributed by atoms with Crippen LogP contribution < -0.4 is 4.90 Å². The van der Waals surface area contributed by atoms with Crippen LogP contribution in [-0.2, 0) is 10.8 Å². The molecule has 74 heavy (non-hydrogen) atoms. The van der Waals surface area contributed by atoms with Gasteiger partial charge in [0.25, 0.3) is 0 Å². The van der Waals surface area contributed by atoms with Crippen LogP contribution >= 0.6 is 0 Å². The number of benzene rings is 13. The highest BCUT2D eigenvalue weighted by atomic mass is 15.1. The van der Waals surface area contributed by atoms with Crippen molar-refractivity contribution in [2.24, 2.45) is 0 Å². The summed E-state index contributed by atoms with van der Waals surface area (Å²) in [6.45, 7) is 2.17. The van der Waals surface area contributed by atoms with E-state index in [1.807, 2.05) is 0 Å². The molecule has 2 spiro atoms.